The maximum absolute atomic E-state index is 12.7. The lowest BCUT2D eigenvalue weighted by Crippen LogP contribution is -2.31. The Balaban J connectivity index is 0.00000225. The molecule has 0 fully saturated rings. The molecule has 3 rings (SSSR count). The van der Waals surface area contributed by atoms with Gasteiger partial charge in [0.15, 0.2) is 5.78 Å². The van der Waals surface area contributed by atoms with Crippen LogP contribution in [0.15, 0.2) is 47.4 Å². The summed E-state index contributed by atoms with van der Waals surface area (Å²) in [4.78, 5) is 11.6. The summed E-state index contributed by atoms with van der Waals surface area (Å²) in [7, 11) is -3.70. The van der Waals surface area contributed by atoms with E-state index in [2.05, 4.69) is 4.72 Å². The first-order valence-corrected chi connectivity index (χ1v) is 9.37. The van der Waals surface area contributed by atoms with E-state index in [1.54, 1.807) is 18.2 Å². The third kappa shape index (κ3) is 4.21. The lowest BCUT2D eigenvalue weighted by Gasteiger charge is -2.26. The lowest BCUT2D eigenvalue weighted by atomic mass is 9.88. The first-order valence-electron chi connectivity index (χ1n) is 7.88. The summed E-state index contributed by atoms with van der Waals surface area (Å²) in [5.41, 5.74) is 8.95. The molecule has 0 radical (unpaired) electrons. The number of rotatable bonds is 4. The van der Waals surface area contributed by atoms with Gasteiger partial charge in [-0.2, -0.15) is 0 Å². The third-order valence-corrected chi connectivity index (χ3v) is 5.80. The van der Waals surface area contributed by atoms with Crippen LogP contribution in [-0.2, 0) is 16.4 Å². The van der Waals surface area contributed by atoms with Gasteiger partial charge in [0, 0.05) is 17.3 Å². The van der Waals surface area contributed by atoms with E-state index in [9.17, 15) is 13.2 Å². The van der Waals surface area contributed by atoms with E-state index in [4.69, 9.17) is 5.73 Å². The topological polar surface area (TPSA) is 89.3 Å². The van der Waals surface area contributed by atoms with Gasteiger partial charge < -0.3 is 5.73 Å². The molecule has 1 atom stereocenters. The van der Waals surface area contributed by atoms with Crippen molar-refractivity contribution in [3.05, 3.63) is 59.2 Å². The zero-order valence-corrected chi connectivity index (χ0v) is 15.5. The summed E-state index contributed by atoms with van der Waals surface area (Å²) in [6, 6.07) is 11.4. The molecule has 2 aromatic rings. The SMILES string of the molecule is CC(=O)c1cccc(S(=O)(=O)NC2CCCc3cc(N)ccc32)c1.Cl. The van der Waals surface area contributed by atoms with Crippen LogP contribution in [0, 0.1) is 0 Å². The number of aryl methyl sites for hydroxylation is 1. The van der Waals surface area contributed by atoms with E-state index in [1.807, 2.05) is 12.1 Å². The largest absolute Gasteiger partial charge is 0.399 e. The van der Waals surface area contributed by atoms with Crippen molar-refractivity contribution in [3.63, 3.8) is 0 Å². The minimum absolute atomic E-state index is 0. The van der Waals surface area contributed by atoms with Gasteiger partial charge in [-0.25, -0.2) is 13.1 Å². The summed E-state index contributed by atoms with van der Waals surface area (Å²) in [6.07, 6.45) is 2.54. The number of nitrogens with one attached hydrogen (secondary N) is 1. The second kappa shape index (κ2) is 7.56. The summed E-state index contributed by atoms with van der Waals surface area (Å²) >= 11 is 0. The van der Waals surface area contributed by atoms with E-state index >= 15 is 0 Å². The Hall–Kier alpha value is -1.89. The number of benzene rings is 2. The standard InChI is InChI=1S/C18H20N2O3S.ClH/c1-12(21)13-4-2-6-16(11-13)24(22,23)20-18-7-3-5-14-10-15(19)8-9-17(14)18;/h2,4,6,8-11,18,20H,3,5,7,19H2,1H3;1H. The fourth-order valence-electron chi connectivity index (χ4n) is 3.09. The van der Waals surface area contributed by atoms with Crippen LogP contribution in [0.1, 0.15) is 47.3 Å². The van der Waals surface area contributed by atoms with Crippen molar-refractivity contribution in [2.45, 2.75) is 37.1 Å². The Kier molecular flexibility index (Phi) is 5.87. The molecular weight excluding hydrogens is 360 g/mol. The number of sulfonamides is 1. The lowest BCUT2D eigenvalue weighted by molar-refractivity contribution is 0.101. The molecule has 7 heteroatoms. The molecule has 2 aromatic carbocycles. The van der Waals surface area contributed by atoms with Crippen LogP contribution in [0.25, 0.3) is 0 Å². The van der Waals surface area contributed by atoms with E-state index < -0.39 is 10.0 Å². The third-order valence-electron chi connectivity index (χ3n) is 4.33. The molecule has 3 N–H and O–H groups in total. The molecular formula is C18H21ClN2O3S. The number of anilines is 1. The van der Waals surface area contributed by atoms with Crippen LogP contribution in [0.2, 0.25) is 0 Å². The van der Waals surface area contributed by atoms with Crippen LogP contribution < -0.4 is 10.5 Å². The quantitative estimate of drug-likeness (QED) is 0.629. The highest BCUT2D eigenvalue weighted by molar-refractivity contribution is 7.89. The number of carbonyl (C=O) groups is 1. The Bertz CT molecular complexity index is 897. The zero-order chi connectivity index (χ0) is 17.3. The molecule has 0 heterocycles. The molecule has 134 valence electrons. The molecule has 0 aliphatic heterocycles. The number of hydrogen-bond acceptors (Lipinski definition) is 4. The van der Waals surface area contributed by atoms with Gasteiger partial charge in [0.1, 0.15) is 0 Å². The molecule has 25 heavy (non-hydrogen) atoms. The predicted octanol–water partition coefficient (Wildman–Crippen LogP) is 3.25. The Labute approximate surface area is 154 Å². The van der Waals surface area contributed by atoms with E-state index in [1.165, 1.54) is 19.1 Å². The molecule has 1 unspecified atom stereocenters. The van der Waals surface area contributed by atoms with Crippen molar-refractivity contribution in [1.29, 1.82) is 0 Å². The summed E-state index contributed by atoms with van der Waals surface area (Å²) < 4.78 is 28.2. The van der Waals surface area contributed by atoms with Crippen molar-refractivity contribution in [3.8, 4) is 0 Å². The number of carbonyl (C=O) groups excluding carboxylic acids is 1. The maximum atomic E-state index is 12.7. The Morgan fingerprint density at radius 2 is 1.96 bits per heavy atom. The second-order valence-corrected chi connectivity index (χ2v) is 7.82. The van der Waals surface area contributed by atoms with E-state index in [-0.39, 0.29) is 29.1 Å². The summed E-state index contributed by atoms with van der Waals surface area (Å²) in [5.74, 6) is -0.162. The fraction of sp³-hybridized carbons (Fsp3) is 0.278. The van der Waals surface area contributed by atoms with Crippen molar-refractivity contribution >= 4 is 33.9 Å². The molecule has 1 aliphatic rings. The monoisotopic (exact) mass is 380 g/mol. The highest BCUT2D eigenvalue weighted by Gasteiger charge is 2.26. The minimum atomic E-state index is -3.70. The first kappa shape index (κ1) is 19.4. The molecule has 1 aliphatic carbocycles. The number of nitrogens with two attached hydrogens (primary N) is 1. The average Bonchev–Trinajstić information content (AvgIpc) is 2.54. The van der Waals surface area contributed by atoms with Gasteiger partial charge in [-0.3, -0.25) is 4.79 Å². The van der Waals surface area contributed by atoms with Gasteiger partial charge in [-0.15, -0.1) is 12.4 Å². The summed E-state index contributed by atoms with van der Waals surface area (Å²) in [5, 5.41) is 0. The molecule has 0 spiro atoms. The average molecular weight is 381 g/mol. The van der Waals surface area contributed by atoms with Crippen LogP contribution in [0.3, 0.4) is 0 Å². The Morgan fingerprint density at radius 3 is 2.68 bits per heavy atom. The number of nitrogen functional groups attached to an aromatic ring is 1. The van der Waals surface area contributed by atoms with Crippen LogP contribution in [0.5, 0.6) is 0 Å². The smallest absolute Gasteiger partial charge is 0.241 e. The van der Waals surface area contributed by atoms with Gasteiger partial charge in [0.25, 0.3) is 0 Å². The van der Waals surface area contributed by atoms with Gasteiger partial charge in [-0.05, 0) is 61.6 Å². The van der Waals surface area contributed by atoms with Gasteiger partial charge in [-0.1, -0.05) is 18.2 Å². The molecule has 0 amide bonds. The van der Waals surface area contributed by atoms with Gasteiger partial charge >= 0.3 is 0 Å². The molecule has 0 saturated carbocycles. The number of hydrogen-bond donors (Lipinski definition) is 2. The van der Waals surface area contributed by atoms with Crippen molar-refractivity contribution in [1.82, 2.24) is 4.72 Å². The van der Waals surface area contributed by atoms with Gasteiger partial charge in [0.2, 0.25) is 10.0 Å². The van der Waals surface area contributed by atoms with Crippen LogP contribution >= 0.6 is 12.4 Å². The van der Waals surface area contributed by atoms with Crippen LogP contribution in [0.4, 0.5) is 5.69 Å². The Morgan fingerprint density at radius 1 is 1.20 bits per heavy atom. The van der Waals surface area contributed by atoms with E-state index in [0.717, 1.165) is 30.4 Å². The van der Waals surface area contributed by atoms with E-state index in [0.29, 0.717) is 11.3 Å². The van der Waals surface area contributed by atoms with Crippen molar-refractivity contribution in [2.24, 2.45) is 0 Å². The predicted molar refractivity (Wildman–Crippen MR) is 101 cm³/mol. The zero-order valence-electron chi connectivity index (χ0n) is 13.9. The number of halogens is 1. The first-order chi connectivity index (χ1) is 11.4. The van der Waals surface area contributed by atoms with Crippen LogP contribution in [-0.4, -0.2) is 14.2 Å². The molecule has 0 bridgehead atoms. The molecule has 0 saturated heterocycles. The highest BCUT2D eigenvalue weighted by atomic mass is 35.5. The maximum Gasteiger partial charge on any atom is 0.241 e. The number of Topliss-reactive ketones (excluding diaryl/α,β-unsaturated/α-hetero) is 1. The number of fused-ring (bicyclic) bond motifs is 1. The highest BCUT2D eigenvalue weighted by Crippen LogP contribution is 2.32. The molecule has 5 nitrogen and oxygen atoms in total. The number of ketones is 1. The fourth-order valence-corrected chi connectivity index (χ4v) is 4.39. The summed E-state index contributed by atoms with van der Waals surface area (Å²) in [6.45, 7) is 1.42. The molecule has 0 aromatic heterocycles. The van der Waals surface area contributed by atoms with Gasteiger partial charge in [0.05, 0.1) is 4.90 Å². The normalized spacial score (nSPS) is 16.6. The minimum Gasteiger partial charge on any atom is -0.399 e. The second-order valence-electron chi connectivity index (χ2n) is 6.11. The van der Waals surface area contributed by atoms with Crippen molar-refractivity contribution < 1.29 is 13.2 Å². The van der Waals surface area contributed by atoms with Crippen molar-refractivity contribution in [2.75, 3.05) is 5.73 Å².